The van der Waals surface area contributed by atoms with Crippen LogP contribution < -0.4 is 11.1 Å². The van der Waals surface area contributed by atoms with Crippen LogP contribution in [0.1, 0.15) is 30.9 Å². The van der Waals surface area contributed by atoms with Crippen molar-refractivity contribution in [2.45, 2.75) is 31.6 Å². The third-order valence-electron chi connectivity index (χ3n) is 5.05. The predicted octanol–water partition coefficient (Wildman–Crippen LogP) is 4.38. The number of nitrogens with one attached hydrogen (secondary N) is 1. The average molecular weight is 372 g/mol. The Kier molecular flexibility index (Phi) is 6.17. The van der Waals surface area contributed by atoms with E-state index < -0.39 is 0 Å². The molecule has 0 unspecified atom stereocenters. The summed E-state index contributed by atoms with van der Waals surface area (Å²) in [6, 6.07) is 16.3. The molecule has 1 heterocycles. The molecule has 1 aliphatic heterocycles. The first-order chi connectivity index (χ1) is 12.6. The fraction of sp³-hybridized carbons (Fsp3) is 0.381. The molecular weight excluding hydrogens is 346 g/mol. The maximum atomic E-state index is 6.22. The first-order valence-corrected chi connectivity index (χ1v) is 9.49. The third-order valence-corrected chi connectivity index (χ3v) is 5.28. The number of nitrogens with zero attached hydrogens (tertiary/aromatic N) is 1. The molecule has 1 fully saturated rings. The zero-order valence-electron chi connectivity index (χ0n) is 15.2. The monoisotopic (exact) mass is 371 g/mol. The molecule has 138 valence electrons. The lowest BCUT2D eigenvalue weighted by Gasteiger charge is -2.36. The summed E-state index contributed by atoms with van der Waals surface area (Å²) in [5, 5.41) is 3.96. The van der Waals surface area contributed by atoms with Gasteiger partial charge in [-0.1, -0.05) is 42.8 Å². The van der Waals surface area contributed by atoms with Gasteiger partial charge in [0, 0.05) is 29.3 Å². The maximum Gasteiger partial charge on any atom is 0.193 e. The molecular formula is C21H26ClN3O. The fourth-order valence-electron chi connectivity index (χ4n) is 3.41. The van der Waals surface area contributed by atoms with Crippen LogP contribution >= 0.6 is 11.6 Å². The molecule has 26 heavy (non-hydrogen) atoms. The van der Waals surface area contributed by atoms with E-state index in [0.29, 0.717) is 12.5 Å². The minimum absolute atomic E-state index is 0.0826. The van der Waals surface area contributed by atoms with Gasteiger partial charge >= 0.3 is 0 Å². The fourth-order valence-corrected chi connectivity index (χ4v) is 3.60. The number of benzene rings is 2. The molecule has 1 aliphatic rings. The van der Waals surface area contributed by atoms with Crippen LogP contribution in [-0.4, -0.2) is 25.7 Å². The molecule has 0 bridgehead atoms. The number of rotatable bonds is 5. The Labute approximate surface area is 160 Å². The van der Waals surface area contributed by atoms with Gasteiger partial charge in [-0.3, -0.25) is 4.99 Å². The van der Waals surface area contributed by atoms with Gasteiger partial charge < -0.3 is 15.8 Å². The number of hydrogen-bond donors (Lipinski definition) is 2. The van der Waals surface area contributed by atoms with Crippen molar-refractivity contribution in [2.75, 3.05) is 25.1 Å². The second-order valence-electron chi connectivity index (χ2n) is 6.78. The summed E-state index contributed by atoms with van der Waals surface area (Å²) >= 11 is 6.22. The van der Waals surface area contributed by atoms with Crippen molar-refractivity contribution in [3.05, 3.63) is 64.7 Å². The van der Waals surface area contributed by atoms with Crippen molar-refractivity contribution >= 4 is 23.2 Å². The molecule has 5 heteroatoms. The second kappa shape index (κ2) is 8.56. The number of nitrogens with two attached hydrogens (primary N) is 1. The van der Waals surface area contributed by atoms with Crippen LogP contribution in [0.3, 0.4) is 0 Å². The Balaban J connectivity index is 1.77. The molecule has 0 atom stereocenters. The molecule has 3 N–H and O–H groups in total. The van der Waals surface area contributed by atoms with E-state index in [1.54, 1.807) is 0 Å². The number of guanidine groups is 1. The maximum absolute atomic E-state index is 6.22. The highest BCUT2D eigenvalue weighted by Gasteiger charge is 2.34. The summed E-state index contributed by atoms with van der Waals surface area (Å²) in [5.41, 5.74) is 9.52. The quantitative estimate of drug-likeness (QED) is 0.605. The molecule has 0 aromatic heterocycles. The van der Waals surface area contributed by atoms with E-state index in [0.717, 1.165) is 43.2 Å². The van der Waals surface area contributed by atoms with E-state index in [4.69, 9.17) is 22.1 Å². The van der Waals surface area contributed by atoms with Crippen molar-refractivity contribution in [1.82, 2.24) is 0 Å². The lowest BCUT2D eigenvalue weighted by atomic mass is 9.74. The zero-order chi connectivity index (χ0) is 18.4. The van der Waals surface area contributed by atoms with Crippen molar-refractivity contribution in [2.24, 2.45) is 10.7 Å². The van der Waals surface area contributed by atoms with Crippen LogP contribution in [-0.2, 0) is 16.6 Å². The van der Waals surface area contributed by atoms with Crippen LogP contribution in [0.5, 0.6) is 0 Å². The van der Waals surface area contributed by atoms with Crippen LogP contribution in [0.4, 0.5) is 5.69 Å². The number of aryl methyl sites for hydroxylation is 1. The minimum Gasteiger partial charge on any atom is -0.381 e. The summed E-state index contributed by atoms with van der Waals surface area (Å²) in [6.07, 6.45) is 2.81. The number of halogens is 1. The Hall–Kier alpha value is -2.04. The molecule has 0 saturated carbocycles. The summed E-state index contributed by atoms with van der Waals surface area (Å²) in [5.74, 6) is 0.436. The molecule has 0 aliphatic carbocycles. The van der Waals surface area contributed by atoms with Gasteiger partial charge in [0.25, 0.3) is 0 Å². The van der Waals surface area contributed by atoms with Crippen LogP contribution in [0.2, 0.25) is 5.02 Å². The average Bonchev–Trinajstić information content (AvgIpc) is 2.67. The highest BCUT2D eigenvalue weighted by atomic mass is 35.5. The van der Waals surface area contributed by atoms with Gasteiger partial charge in [-0.2, -0.15) is 0 Å². The number of ether oxygens (including phenoxy) is 1. The van der Waals surface area contributed by atoms with Crippen molar-refractivity contribution < 1.29 is 4.74 Å². The molecule has 2 aromatic carbocycles. The summed E-state index contributed by atoms with van der Waals surface area (Å²) < 4.78 is 5.58. The third kappa shape index (κ3) is 4.57. The molecule has 3 rings (SSSR count). The molecule has 0 amide bonds. The highest BCUT2D eigenvalue weighted by molar-refractivity contribution is 6.30. The van der Waals surface area contributed by atoms with Crippen molar-refractivity contribution in [3.63, 3.8) is 0 Å². The standard InChI is InChI=1S/C21H26ClN3O/c1-2-16-5-3-8-19(13-16)25-20(23)24-15-21(9-11-26-12-10-21)17-6-4-7-18(22)14-17/h3-8,13-14H,2,9-12,15H2,1H3,(H3,23,24,25). The zero-order valence-corrected chi connectivity index (χ0v) is 15.9. The predicted molar refractivity (Wildman–Crippen MR) is 109 cm³/mol. The lowest BCUT2D eigenvalue weighted by Crippen LogP contribution is -2.38. The summed E-state index contributed by atoms with van der Waals surface area (Å²) in [4.78, 5) is 4.66. The molecule has 4 nitrogen and oxygen atoms in total. The number of hydrogen-bond acceptors (Lipinski definition) is 2. The van der Waals surface area contributed by atoms with Crippen LogP contribution in [0.15, 0.2) is 53.5 Å². The van der Waals surface area contributed by atoms with E-state index in [2.05, 4.69) is 35.4 Å². The Morgan fingerprint density at radius 1 is 1.19 bits per heavy atom. The second-order valence-corrected chi connectivity index (χ2v) is 7.22. The Morgan fingerprint density at radius 3 is 2.69 bits per heavy atom. The first kappa shape index (κ1) is 18.7. The largest absolute Gasteiger partial charge is 0.381 e. The Bertz CT molecular complexity index is 769. The smallest absolute Gasteiger partial charge is 0.193 e. The van der Waals surface area contributed by atoms with Gasteiger partial charge in [0.1, 0.15) is 0 Å². The number of anilines is 1. The summed E-state index contributed by atoms with van der Waals surface area (Å²) in [7, 11) is 0. The Morgan fingerprint density at radius 2 is 1.96 bits per heavy atom. The van der Waals surface area contributed by atoms with Gasteiger partial charge in [0.05, 0.1) is 6.54 Å². The van der Waals surface area contributed by atoms with Crippen LogP contribution in [0, 0.1) is 0 Å². The molecule has 1 saturated heterocycles. The molecule has 0 spiro atoms. The van der Waals surface area contributed by atoms with Crippen molar-refractivity contribution in [3.8, 4) is 0 Å². The minimum atomic E-state index is -0.0826. The van der Waals surface area contributed by atoms with E-state index in [1.807, 2.05) is 30.3 Å². The van der Waals surface area contributed by atoms with E-state index in [9.17, 15) is 0 Å². The van der Waals surface area contributed by atoms with E-state index in [-0.39, 0.29) is 5.41 Å². The molecule has 2 aromatic rings. The van der Waals surface area contributed by atoms with Gasteiger partial charge in [-0.15, -0.1) is 0 Å². The van der Waals surface area contributed by atoms with Gasteiger partial charge in [-0.05, 0) is 54.7 Å². The first-order valence-electron chi connectivity index (χ1n) is 9.11. The SMILES string of the molecule is CCc1cccc(NC(N)=NCC2(c3cccc(Cl)c3)CCOCC2)c1. The van der Waals surface area contributed by atoms with E-state index >= 15 is 0 Å². The number of aliphatic imine (C=N–C) groups is 1. The van der Waals surface area contributed by atoms with Gasteiger partial charge in [0.2, 0.25) is 0 Å². The normalized spacial score (nSPS) is 17.1. The van der Waals surface area contributed by atoms with Gasteiger partial charge in [-0.25, -0.2) is 0 Å². The van der Waals surface area contributed by atoms with Crippen LogP contribution in [0.25, 0.3) is 0 Å². The van der Waals surface area contributed by atoms with E-state index in [1.165, 1.54) is 11.1 Å². The molecule has 0 radical (unpaired) electrons. The highest BCUT2D eigenvalue weighted by Crippen LogP contribution is 2.36. The lowest BCUT2D eigenvalue weighted by molar-refractivity contribution is 0.0531. The van der Waals surface area contributed by atoms with Crippen molar-refractivity contribution in [1.29, 1.82) is 0 Å². The van der Waals surface area contributed by atoms with Gasteiger partial charge in [0.15, 0.2) is 5.96 Å². The topological polar surface area (TPSA) is 59.6 Å². The summed E-state index contributed by atoms with van der Waals surface area (Å²) in [6.45, 7) is 4.21.